The van der Waals surface area contributed by atoms with Crippen LogP contribution in [0.2, 0.25) is 0 Å². The molecule has 1 aromatic heterocycles. The number of hydrogen-bond donors (Lipinski definition) is 1. The summed E-state index contributed by atoms with van der Waals surface area (Å²) in [5.41, 5.74) is 0. The van der Waals surface area contributed by atoms with E-state index in [2.05, 4.69) is 6.58 Å². The third-order valence-corrected chi connectivity index (χ3v) is 1.28. The Morgan fingerprint density at radius 2 is 2.36 bits per heavy atom. The van der Waals surface area contributed by atoms with Gasteiger partial charge in [-0.1, -0.05) is 6.58 Å². The maximum absolute atomic E-state index is 8.55. The number of rotatable bonds is 3. The minimum atomic E-state index is 0. The maximum atomic E-state index is 8.55. The standard InChI is InChI=1S/C7H11N2O.ClH/c1-2-8-3-4-9(7-8)5-6-10;/h2-4,7,10H,1,5-6H2;1H/q+1;/p-1. The first kappa shape index (κ1) is 10.2. The van der Waals surface area contributed by atoms with E-state index in [9.17, 15) is 0 Å². The molecule has 4 heteroatoms. The molecule has 0 atom stereocenters. The number of aliphatic hydroxyl groups excluding tert-OH is 1. The second-order valence-corrected chi connectivity index (χ2v) is 2.00. The van der Waals surface area contributed by atoms with Crippen LogP contribution in [-0.4, -0.2) is 16.3 Å². The summed E-state index contributed by atoms with van der Waals surface area (Å²) in [6, 6.07) is 0. The van der Waals surface area contributed by atoms with Crippen molar-refractivity contribution in [3.63, 3.8) is 0 Å². The molecule has 1 N–H and O–H groups in total. The highest BCUT2D eigenvalue weighted by Crippen LogP contribution is 1.81. The fraction of sp³-hybridized carbons (Fsp3) is 0.286. The Morgan fingerprint density at radius 1 is 1.64 bits per heavy atom. The monoisotopic (exact) mass is 174 g/mol. The lowest BCUT2D eigenvalue weighted by molar-refractivity contribution is -0.697. The van der Waals surface area contributed by atoms with Crippen molar-refractivity contribution in [3.8, 4) is 0 Å². The van der Waals surface area contributed by atoms with Crippen molar-refractivity contribution in [2.24, 2.45) is 0 Å². The predicted octanol–water partition coefficient (Wildman–Crippen LogP) is -3.13. The summed E-state index contributed by atoms with van der Waals surface area (Å²) in [5.74, 6) is 0. The second-order valence-electron chi connectivity index (χ2n) is 2.00. The summed E-state index contributed by atoms with van der Waals surface area (Å²) in [7, 11) is 0. The molecule has 62 valence electrons. The predicted molar refractivity (Wildman–Crippen MR) is 38.1 cm³/mol. The van der Waals surface area contributed by atoms with Crippen molar-refractivity contribution in [3.05, 3.63) is 25.3 Å². The van der Waals surface area contributed by atoms with E-state index in [-0.39, 0.29) is 19.0 Å². The molecule has 0 spiro atoms. The van der Waals surface area contributed by atoms with Crippen molar-refractivity contribution in [2.75, 3.05) is 6.61 Å². The Hall–Kier alpha value is -0.800. The quantitative estimate of drug-likeness (QED) is 0.483. The number of nitrogens with zero attached hydrogens (tertiary/aromatic N) is 2. The smallest absolute Gasteiger partial charge is 0.248 e. The highest BCUT2D eigenvalue weighted by molar-refractivity contribution is 5.12. The molecule has 0 saturated heterocycles. The van der Waals surface area contributed by atoms with Gasteiger partial charge in [0, 0.05) is 0 Å². The van der Waals surface area contributed by atoms with Crippen LogP contribution in [0.5, 0.6) is 0 Å². The van der Waals surface area contributed by atoms with Crippen LogP contribution >= 0.6 is 0 Å². The van der Waals surface area contributed by atoms with Crippen molar-refractivity contribution < 1.29 is 22.1 Å². The number of imidazole rings is 1. The van der Waals surface area contributed by atoms with E-state index < -0.39 is 0 Å². The normalized spacial score (nSPS) is 8.82. The third-order valence-electron chi connectivity index (χ3n) is 1.28. The maximum Gasteiger partial charge on any atom is 0.248 e. The van der Waals surface area contributed by atoms with E-state index >= 15 is 0 Å². The second kappa shape index (κ2) is 4.93. The largest absolute Gasteiger partial charge is 1.00 e. The fourth-order valence-corrected chi connectivity index (χ4v) is 0.767. The molecule has 11 heavy (non-hydrogen) atoms. The van der Waals surface area contributed by atoms with Gasteiger partial charge in [0.15, 0.2) is 0 Å². The van der Waals surface area contributed by atoms with Crippen LogP contribution in [0.25, 0.3) is 6.20 Å². The van der Waals surface area contributed by atoms with Gasteiger partial charge in [-0.15, -0.1) is 0 Å². The molecule has 0 aliphatic rings. The molecule has 0 unspecified atom stereocenters. The molecule has 1 rings (SSSR count). The van der Waals surface area contributed by atoms with Crippen LogP contribution in [-0.2, 0) is 6.54 Å². The molecule has 0 radical (unpaired) electrons. The molecule has 0 aliphatic heterocycles. The number of hydrogen-bond acceptors (Lipinski definition) is 1. The van der Waals surface area contributed by atoms with Gasteiger partial charge in [-0.05, 0) is 0 Å². The topological polar surface area (TPSA) is 29.0 Å². The van der Waals surface area contributed by atoms with E-state index in [4.69, 9.17) is 5.11 Å². The van der Waals surface area contributed by atoms with Crippen LogP contribution in [0.4, 0.5) is 0 Å². The van der Waals surface area contributed by atoms with Gasteiger partial charge in [0.2, 0.25) is 6.33 Å². The highest BCUT2D eigenvalue weighted by atomic mass is 35.5. The molecule has 0 fully saturated rings. The first-order chi connectivity index (χ1) is 4.86. The molecular weight excluding hydrogens is 164 g/mol. The van der Waals surface area contributed by atoms with E-state index in [0.29, 0.717) is 6.54 Å². The van der Waals surface area contributed by atoms with Crippen LogP contribution < -0.4 is 17.0 Å². The van der Waals surface area contributed by atoms with E-state index in [1.165, 1.54) is 0 Å². The summed E-state index contributed by atoms with van der Waals surface area (Å²) in [6.45, 7) is 4.40. The lowest BCUT2D eigenvalue weighted by Gasteiger charge is -1.86. The molecule has 0 saturated carbocycles. The Bertz CT molecular complexity index is 222. The fourth-order valence-electron chi connectivity index (χ4n) is 0.767. The van der Waals surface area contributed by atoms with Gasteiger partial charge in [0.1, 0.15) is 18.9 Å². The molecule has 0 amide bonds. The van der Waals surface area contributed by atoms with Gasteiger partial charge in [-0.2, -0.15) is 0 Å². The molecule has 0 aliphatic carbocycles. The van der Waals surface area contributed by atoms with Gasteiger partial charge >= 0.3 is 0 Å². The lowest BCUT2D eigenvalue weighted by atomic mass is 10.7. The average Bonchev–Trinajstić information content (AvgIpc) is 2.37. The Morgan fingerprint density at radius 3 is 2.82 bits per heavy atom. The third kappa shape index (κ3) is 2.74. The molecule has 0 bridgehead atoms. The summed E-state index contributed by atoms with van der Waals surface area (Å²) in [4.78, 5) is 0. The average molecular weight is 175 g/mol. The minimum Gasteiger partial charge on any atom is -1.00 e. The first-order valence-electron chi connectivity index (χ1n) is 3.17. The summed E-state index contributed by atoms with van der Waals surface area (Å²) in [6.07, 6.45) is 7.33. The van der Waals surface area contributed by atoms with Crippen LogP contribution in [0.3, 0.4) is 0 Å². The van der Waals surface area contributed by atoms with Crippen molar-refractivity contribution in [1.29, 1.82) is 0 Å². The molecule has 0 aromatic carbocycles. The molecule has 1 heterocycles. The molecular formula is C7H11ClN2O. The van der Waals surface area contributed by atoms with Gasteiger partial charge in [0.25, 0.3) is 0 Å². The summed E-state index contributed by atoms with van der Waals surface area (Å²) in [5, 5.41) is 8.55. The summed E-state index contributed by atoms with van der Waals surface area (Å²) >= 11 is 0. The van der Waals surface area contributed by atoms with E-state index in [0.717, 1.165) is 0 Å². The summed E-state index contributed by atoms with van der Waals surface area (Å²) < 4.78 is 3.72. The van der Waals surface area contributed by atoms with Crippen LogP contribution in [0.1, 0.15) is 0 Å². The Kier molecular flexibility index (Phi) is 4.57. The zero-order chi connectivity index (χ0) is 7.40. The zero-order valence-corrected chi connectivity index (χ0v) is 6.91. The first-order valence-corrected chi connectivity index (χ1v) is 3.17. The minimum absolute atomic E-state index is 0. The molecule has 3 nitrogen and oxygen atoms in total. The Balaban J connectivity index is 0.000001000. The number of halogens is 1. The SMILES string of the molecule is C=Cn1cc[n+](CCO)c1.[Cl-]. The zero-order valence-electron chi connectivity index (χ0n) is 6.15. The Labute approximate surface area is 72.0 Å². The van der Waals surface area contributed by atoms with Crippen LogP contribution in [0, 0.1) is 0 Å². The number of aliphatic hydroxyl groups is 1. The van der Waals surface area contributed by atoms with Gasteiger partial charge < -0.3 is 17.5 Å². The van der Waals surface area contributed by atoms with Crippen molar-refractivity contribution >= 4 is 6.20 Å². The lowest BCUT2D eigenvalue weighted by Crippen LogP contribution is -3.00. The number of aromatic nitrogens is 2. The van der Waals surface area contributed by atoms with Crippen molar-refractivity contribution in [1.82, 2.24) is 4.57 Å². The van der Waals surface area contributed by atoms with Crippen molar-refractivity contribution in [2.45, 2.75) is 6.54 Å². The highest BCUT2D eigenvalue weighted by Gasteiger charge is 1.97. The van der Waals surface area contributed by atoms with Crippen LogP contribution in [0.15, 0.2) is 25.3 Å². The van der Waals surface area contributed by atoms with Gasteiger partial charge in [-0.3, -0.25) is 0 Å². The van der Waals surface area contributed by atoms with Gasteiger partial charge in [0.05, 0.1) is 12.8 Å². The molecule has 1 aromatic rings. The van der Waals surface area contributed by atoms with E-state index in [1.807, 2.05) is 27.9 Å². The van der Waals surface area contributed by atoms with E-state index in [1.54, 1.807) is 6.20 Å². The van der Waals surface area contributed by atoms with Gasteiger partial charge in [-0.25, -0.2) is 9.13 Å².